The maximum atomic E-state index is 13.9. The number of hydrogen-bond acceptors (Lipinski definition) is 5. The minimum absolute atomic E-state index is 0.0743. The predicted octanol–water partition coefficient (Wildman–Crippen LogP) is 9.38. The zero-order chi connectivity index (χ0) is 34.9. The van der Waals surface area contributed by atoms with Gasteiger partial charge >= 0.3 is 0 Å². The number of anilines is 2. The quantitative estimate of drug-likeness (QED) is 0.0926. The molecule has 0 fully saturated rings. The molecule has 6 aromatic carbocycles. The van der Waals surface area contributed by atoms with Gasteiger partial charge in [-0.05, 0) is 76.5 Å². The maximum absolute atomic E-state index is 13.9. The lowest BCUT2D eigenvalue weighted by atomic mass is 10.0. The highest BCUT2D eigenvalue weighted by atomic mass is 35.5. The first-order valence-electron chi connectivity index (χ1n) is 15.7. The van der Waals surface area contributed by atoms with Crippen molar-refractivity contribution in [1.82, 2.24) is 5.32 Å². The summed E-state index contributed by atoms with van der Waals surface area (Å²) < 4.78 is 5.43. The van der Waals surface area contributed by atoms with Crippen LogP contribution in [-0.2, 0) is 9.59 Å². The summed E-state index contributed by atoms with van der Waals surface area (Å²) in [4.78, 5) is 41.6. The van der Waals surface area contributed by atoms with Crippen molar-refractivity contribution in [2.24, 2.45) is 0 Å². The number of methoxy groups -OCH3 is 1. The number of hydrogen-bond donors (Lipinski definition) is 3. The molecular weight excluding hydrogens is 666 g/mol. The third-order valence-corrected chi connectivity index (χ3v) is 9.24. The van der Waals surface area contributed by atoms with Crippen LogP contribution in [0.25, 0.3) is 16.8 Å². The molecule has 3 amide bonds. The molecule has 9 heteroatoms. The van der Waals surface area contributed by atoms with Gasteiger partial charge in [0.2, 0.25) is 5.91 Å². The predicted molar refractivity (Wildman–Crippen MR) is 203 cm³/mol. The lowest BCUT2D eigenvalue weighted by Crippen LogP contribution is -2.30. The van der Waals surface area contributed by atoms with Crippen molar-refractivity contribution in [2.45, 2.75) is 10.1 Å². The normalized spacial score (nSPS) is 11.8. The molecule has 0 radical (unpaired) electrons. The van der Waals surface area contributed by atoms with E-state index in [1.54, 1.807) is 66.7 Å². The molecule has 248 valence electrons. The fourth-order valence-corrected chi connectivity index (χ4v) is 6.59. The van der Waals surface area contributed by atoms with Crippen LogP contribution in [0.4, 0.5) is 11.4 Å². The first-order valence-corrected chi connectivity index (χ1v) is 17.0. The van der Waals surface area contributed by atoms with Crippen LogP contribution >= 0.6 is 23.4 Å². The Hall–Kier alpha value is -5.83. The zero-order valence-electron chi connectivity index (χ0n) is 26.9. The summed E-state index contributed by atoms with van der Waals surface area (Å²) in [5, 5.41) is 10.5. The molecule has 0 aliphatic heterocycles. The van der Waals surface area contributed by atoms with Gasteiger partial charge in [-0.25, -0.2) is 0 Å². The number of fused-ring (bicyclic) bond motifs is 1. The first-order chi connectivity index (χ1) is 24.4. The van der Waals surface area contributed by atoms with E-state index in [1.807, 2.05) is 84.9 Å². The Labute approximate surface area is 299 Å². The van der Waals surface area contributed by atoms with Gasteiger partial charge in [-0.1, -0.05) is 109 Å². The Bertz CT molecular complexity index is 2190. The third kappa shape index (κ3) is 8.41. The van der Waals surface area contributed by atoms with E-state index in [0.717, 1.165) is 26.8 Å². The van der Waals surface area contributed by atoms with Crippen LogP contribution in [0.15, 0.2) is 156 Å². The van der Waals surface area contributed by atoms with E-state index in [1.165, 1.54) is 18.9 Å². The van der Waals surface area contributed by atoms with Crippen LogP contribution in [0.1, 0.15) is 26.7 Å². The summed E-state index contributed by atoms with van der Waals surface area (Å²) in [5.41, 5.74) is 3.00. The molecule has 50 heavy (non-hydrogen) atoms. The number of thioether (sulfide) groups is 1. The van der Waals surface area contributed by atoms with Gasteiger partial charge < -0.3 is 20.7 Å². The fraction of sp³-hybridized carbons (Fsp3) is 0.0488. The van der Waals surface area contributed by atoms with Gasteiger partial charge in [-0.15, -0.1) is 11.8 Å². The molecule has 3 N–H and O–H groups in total. The highest BCUT2D eigenvalue weighted by molar-refractivity contribution is 8.00. The lowest BCUT2D eigenvalue weighted by molar-refractivity contribution is -0.116. The molecule has 0 saturated heterocycles. The van der Waals surface area contributed by atoms with Crippen molar-refractivity contribution < 1.29 is 19.1 Å². The molecule has 1 unspecified atom stereocenters. The van der Waals surface area contributed by atoms with Crippen molar-refractivity contribution in [2.75, 3.05) is 17.7 Å². The van der Waals surface area contributed by atoms with Crippen molar-refractivity contribution in [3.05, 3.63) is 173 Å². The van der Waals surface area contributed by atoms with Crippen LogP contribution in [0.2, 0.25) is 5.02 Å². The van der Waals surface area contributed by atoms with E-state index in [-0.39, 0.29) is 11.6 Å². The van der Waals surface area contributed by atoms with Crippen LogP contribution in [0.5, 0.6) is 5.75 Å². The number of benzene rings is 6. The van der Waals surface area contributed by atoms with Gasteiger partial charge in [0.1, 0.15) is 16.7 Å². The van der Waals surface area contributed by atoms with Gasteiger partial charge in [0.25, 0.3) is 11.8 Å². The van der Waals surface area contributed by atoms with Crippen LogP contribution < -0.4 is 20.7 Å². The molecule has 0 aliphatic carbocycles. The minimum Gasteiger partial charge on any atom is -0.495 e. The summed E-state index contributed by atoms with van der Waals surface area (Å²) in [6, 6.07) is 44.0. The topological polar surface area (TPSA) is 96.5 Å². The van der Waals surface area contributed by atoms with Crippen molar-refractivity contribution in [1.29, 1.82) is 0 Å². The number of carbonyl (C=O) groups is 3. The Morgan fingerprint density at radius 2 is 1.44 bits per heavy atom. The fourth-order valence-electron chi connectivity index (χ4n) is 5.33. The summed E-state index contributed by atoms with van der Waals surface area (Å²) in [6.07, 6.45) is 1.68. The molecule has 0 heterocycles. The lowest BCUT2D eigenvalue weighted by Gasteiger charge is -2.19. The molecular formula is C41H32ClN3O4S. The van der Waals surface area contributed by atoms with E-state index < -0.39 is 17.1 Å². The monoisotopic (exact) mass is 697 g/mol. The van der Waals surface area contributed by atoms with Crippen LogP contribution in [0, 0.1) is 0 Å². The molecule has 6 rings (SSSR count). The van der Waals surface area contributed by atoms with E-state index in [2.05, 4.69) is 16.0 Å². The molecule has 0 bridgehead atoms. The van der Waals surface area contributed by atoms with Gasteiger partial charge in [-0.2, -0.15) is 0 Å². The molecule has 0 spiro atoms. The largest absolute Gasteiger partial charge is 0.495 e. The van der Waals surface area contributed by atoms with E-state index in [9.17, 15) is 14.4 Å². The number of amides is 3. The maximum Gasteiger partial charge on any atom is 0.272 e. The molecule has 1 atom stereocenters. The van der Waals surface area contributed by atoms with Crippen molar-refractivity contribution in [3.8, 4) is 5.75 Å². The highest BCUT2D eigenvalue weighted by Gasteiger charge is 2.24. The standard InChI is InChI=1S/C41H32ClN3O4S/c1-49-37-23-22-31(42)25-35(37)44-41(48)38(28-13-4-2-5-14-28)50-33-20-11-19-32(26-33)43-40(47)36(45-39(46)29-15-6-3-7-16-29)24-30-18-10-17-27-12-8-9-21-34(27)30/h2-26,38H,1H3,(H,43,47)(H,44,48)(H,45,46)/b36-24+. The third-order valence-electron chi connectivity index (χ3n) is 7.76. The van der Waals surface area contributed by atoms with E-state index in [4.69, 9.17) is 16.3 Å². The summed E-state index contributed by atoms with van der Waals surface area (Å²) in [6.45, 7) is 0. The average molecular weight is 698 g/mol. The zero-order valence-corrected chi connectivity index (χ0v) is 28.5. The molecule has 0 aliphatic rings. The molecule has 7 nitrogen and oxygen atoms in total. The van der Waals surface area contributed by atoms with Crippen LogP contribution in [-0.4, -0.2) is 24.8 Å². The van der Waals surface area contributed by atoms with Crippen LogP contribution in [0.3, 0.4) is 0 Å². The van der Waals surface area contributed by atoms with Crippen molar-refractivity contribution in [3.63, 3.8) is 0 Å². The number of carbonyl (C=O) groups excluding carboxylic acids is 3. The second-order valence-electron chi connectivity index (χ2n) is 11.2. The highest BCUT2D eigenvalue weighted by Crippen LogP contribution is 2.38. The first kappa shape index (κ1) is 34.0. The minimum atomic E-state index is -0.655. The molecule has 6 aromatic rings. The number of halogens is 1. The second kappa shape index (κ2) is 16.0. The van der Waals surface area contributed by atoms with Crippen molar-refractivity contribution >= 4 is 69.3 Å². The SMILES string of the molecule is COc1ccc(Cl)cc1NC(=O)C(Sc1cccc(NC(=O)/C(=C\c2cccc3ccccc23)NC(=O)c2ccccc2)c1)c1ccccc1. The van der Waals surface area contributed by atoms with Gasteiger partial charge in [-0.3, -0.25) is 14.4 Å². The molecule has 0 saturated carbocycles. The Morgan fingerprint density at radius 3 is 2.22 bits per heavy atom. The average Bonchev–Trinajstić information content (AvgIpc) is 3.14. The summed E-state index contributed by atoms with van der Waals surface area (Å²) in [5.74, 6) is -0.713. The summed E-state index contributed by atoms with van der Waals surface area (Å²) in [7, 11) is 1.53. The van der Waals surface area contributed by atoms with E-state index in [0.29, 0.717) is 27.7 Å². The second-order valence-corrected chi connectivity index (χ2v) is 12.8. The Kier molecular flexibility index (Phi) is 10.9. The van der Waals surface area contributed by atoms with Gasteiger partial charge in [0.05, 0.1) is 12.8 Å². The van der Waals surface area contributed by atoms with Gasteiger partial charge in [0, 0.05) is 21.2 Å². The smallest absolute Gasteiger partial charge is 0.272 e. The Morgan fingerprint density at radius 1 is 0.740 bits per heavy atom. The number of rotatable bonds is 11. The Balaban J connectivity index is 1.27. The summed E-state index contributed by atoms with van der Waals surface area (Å²) >= 11 is 7.55. The van der Waals surface area contributed by atoms with E-state index >= 15 is 0 Å². The number of nitrogens with one attached hydrogen (secondary N) is 3. The number of ether oxygens (including phenoxy) is 1. The van der Waals surface area contributed by atoms with Gasteiger partial charge in [0.15, 0.2) is 0 Å². The molecule has 0 aromatic heterocycles.